The van der Waals surface area contributed by atoms with Gasteiger partial charge in [-0.2, -0.15) is 0 Å². The fraction of sp³-hybridized carbons (Fsp3) is 0.450. The minimum Gasteiger partial charge on any atom is -0.572 e. The van der Waals surface area contributed by atoms with E-state index in [1.807, 2.05) is 0 Å². The number of esters is 1. The van der Waals surface area contributed by atoms with Gasteiger partial charge in [0.2, 0.25) is 0 Å². The molecule has 1 unspecified atom stereocenters. The average molecular weight is 441 g/mol. The number of nitrogens with zero attached hydrogens (tertiary/aromatic N) is 1. The Labute approximate surface area is 174 Å². The van der Waals surface area contributed by atoms with Gasteiger partial charge >= 0.3 is 5.97 Å². The molecule has 29 heavy (non-hydrogen) atoms. The van der Waals surface area contributed by atoms with E-state index in [0.29, 0.717) is 13.0 Å². The van der Waals surface area contributed by atoms with Gasteiger partial charge in [0.25, 0.3) is 0 Å². The smallest absolute Gasteiger partial charge is 0.340 e. The highest BCUT2D eigenvalue weighted by molar-refractivity contribution is 7.96. The molecule has 0 radical (unpaired) electrons. The summed E-state index contributed by atoms with van der Waals surface area (Å²) in [5.74, 6) is -1.15. The molecule has 1 aliphatic rings. The molecule has 1 atom stereocenters. The molecule has 0 aliphatic carbocycles. The Bertz CT molecular complexity index is 1010. The quantitative estimate of drug-likeness (QED) is 0.725. The molecule has 1 aromatic carbocycles. The summed E-state index contributed by atoms with van der Waals surface area (Å²) in [5, 5.41) is 0. The third kappa shape index (κ3) is 4.96. The van der Waals surface area contributed by atoms with Crippen LogP contribution in [0.1, 0.15) is 41.6 Å². The summed E-state index contributed by atoms with van der Waals surface area (Å²) in [7, 11) is -2.91. The van der Waals surface area contributed by atoms with E-state index in [2.05, 4.69) is 25.5 Å². The highest BCUT2D eigenvalue weighted by atomic mass is 32.2. The Morgan fingerprint density at radius 1 is 1.28 bits per heavy atom. The van der Waals surface area contributed by atoms with Crippen molar-refractivity contribution >= 4 is 33.0 Å². The number of benzene rings is 1. The van der Waals surface area contributed by atoms with E-state index in [0.717, 1.165) is 47.0 Å². The maximum atomic E-state index is 13.1. The molecule has 1 N–H and O–H groups in total. The molecular formula is C20H25FN2O4S2. The number of thiophene rings is 1. The van der Waals surface area contributed by atoms with Crippen LogP contribution < -0.4 is 4.90 Å². The molecule has 0 spiro atoms. The molecule has 6 nitrogen and oxygen atoms in total. The first kappa shape index (κ1) is 21.7. The highest BCUT2D eigenvalue weighted by Crippen LogP contribution is 2.39. The fourth-order valence-corrected chi connectivity index (χ4v) is 6.50. The summed E-state index contributed by atoms with van der Waals surface area (Å²) < 4.78 is 47.7. The molecule has 2 heterocycles. The molecule has 0 amide bonds. The van der Waals surface area contributed by atoms with Crippen LogP contribution >= 0.6 is 11.3 Å². The van der Waals surface area contributed by atoms with Crippen molar-refractivity contribution in [1.82, 2.24) is 0 Å². The minimum atomic E-state index is -4.15. The van der Waals surface area contributed by atoms with E-state index < -0.39 is 21.8 Å². The van der Waals surface area contributed by atoms with Crippen molar-refractivity contribution in [2.24, 2.45) is 5.41 Å². The SMILES string of the molecule is COC(=O)c1c(S(=O)(=O)[N-]c2ccc(F)cc2)sc2c1CC[NH+](CC(C)(C)C)C2. The van der Waals surface area contributed by atoms with Crippen LogP contribution in [-0.2, 0) is 27.7 Å². The summed E-state index contributed by atoms with van der Waals surface area (Å²) in [6.07, 6.45) is 0.605. The van der Waals surface area contributed by atoms with Gasteiger partial charge in [-0.1, -0.05) is 32.9 Å². The van der Waals surface area contributed by atoms with Crippen LogP contribution in [0.25, 0.3) is 4.72 Å². The lowest BCUT2D eigenvalue weighted by Crippen LogP contribution is -3.12. The predicted octanol–water partition coefficient (Wildman–Crippen LogP) is 3.06. The van der Waals surface area contributed by atoms with Crippen LogP contribution in [0.4, 0.5) is 10.1 Å². The predicted molar refractivity (Wildman–Crippen MR) is 110 cm³/mol. The maximum absolute atomic E-state index is 13.1. The van der Waals surface area contributed by atoms with Gasteiger partial charge in [-0.25, -0.2) is 17.6 Å². The Kier molecular flexibility index (Phi) is 6.03. The van der Waals surface area contributed by atoms with Gasteiger partial charge in [-0.05, 0) is 17.7 Å². The van der Waals surface area contributed by atoms with Gasteiger partial charge in [0.15, 0.2) is 0 Å². The number of methoxy groups -OCH3 is 1. The molecule has 0 bridgehead atoms. The number of rotatable bonds is 5. The largest absolute Gasteiger partial charge is 0.572 e. The van der Waals surface area contributed by atoms with Crippen molar-refractivity contribution in [2.45, 2.75) is 37.9 Å². The number of nitrogens with one attached hydrogen (secondary N) is 1. The van der Waals surface area contributed by atoms with E-state index in [-0.39, 0.29) is 20.9 Å². The molecule has 1 aromatic heterocycles. The van der Waals surface area contributed by atoms with Crippen molar-refractivity contribution in [3.05, 3.63) is 50.8 Å². The van der Waals surface area contributed by atoms with E-state index in [4.69, 9.17) is 4.74 Å². The number of sulfonamides is 1. The van der Waals surface area contributed by atoms with Gasteiger partial charge in [0.1, 0.15) is 26.6 Å². The molecule has 158 valence electrons. The van der Waals surface area contributed by atoms with Crippen LogP contribution in [0.15, 0.2) is 28.5 Å². The fourth-order valence-electron chi connectivity index (χ4n) is 3.58. The number of hydrogen-bond acceptors (Lipinski definition) is 5. The topological polar surface area (TPSA) is 79.0 Å². The minimum absolute atomic E-state index is 0.0909. The second kappa shape index (κ2) is 8.04. The van der Waals surface area contributed by atoms with Crippen molar-refractivity contribution in [3.63, 3.8) is 0 Å². The maximum Gasteiger partial charge on any atom is 0.340 e. The molecule has 0 fully saturated rings. The van der Waals surface area contributed by atoms with Crippen LogP contribution in [0.5, 0.6) is 0 Å². The number of hydrogen-bond donors (Lipinski definition) is 1. The first-order valence-corrected chi connectivity index (χ1v) is 11.6. The summed E-state index contributed by atoms with van der Waals surface area (Å²) in [5.41, 5.74) is 1.08. The highest BCUT2D eigenvalue weighted by Gasteiger charge is 2.34. The molecule has 0 saturated heterocycles. The average Bonchev–Trinajstić information content (AvgIpc) is 3.01. The van der Waals surface area contributed by atoms with Crippen molar-refractivity contribution < 1.29 is 27.2 Å². The van der Waals surface area contributed by atoms with E-state index in [1.54, 1.807) is 0 Å². The molecular weight excluding hydrogens is 415 g/mol. The Morgan fingerprint density at radius 2 is 1.93 bits per heavy atom. The van der Waals surface area contributed by atoms with Crippen LogP contribution in [0.2, 0.25) is 0 Å². The zero-order chi connectivity index (χ0) is 21.4. The zero-order valence-corrected chi connectivity index (χ0v) is 18.5. The van der Waals surface area contributed by atoms with Crippen LogP contribution in [-0.4, -0.2) is 34.6 Å². The van der Waals surface area contributed by atoms with Crippen molar-refractivity contribution in [1.29, 1.82) is 0 Å². The van der Waals surface area contributed by atoms with Crippen molar-refractivity contribution in [2.75, 3.05) is 20.2 Å². The first-order valence-electron chi connectivity index (χ1n) is 9.30. The number of carbonyl (C=O) groups excluding carboxylic acids is 1. The van der Waals surface area contributed by atoms with Gasteiger partial charge < -0.3 is 14.4 Å². The summed E-state index contributed by atoms with van der Waals surface area (Å²) in [6, 6.07) is 4.85. The number of carbonyl (C=O) groups is 1. The molecule has 2 aromatic rings. The number of fused-ring (bicyclic) bond motifs is 1. The third-order valence-electron chi connectivity index (χ3n) is 4.65. The van der Waals surface area contributed by atoms with E-state index >= 15 is 0 Å². The Balaban J connectivity index is 1.98. The molecule has 9 heteroatoms. The molecule has 3 rings (SSSR count). The van der Waals surface area contributed by atoms with Gasteiger partial charge in [0.05, 0.1) is 30.6 Å². The summed E-state index contributed by atoms with van der Waals surface area (Å²) in [6.45, 7) is 8.93. The van der Waals surface area contributed by atoms with Crippen LogP contribution in [0.3, 0.4) is 0 Å². The second-order valence-corrected chi connectivity index (χ2v) is 11.3. The Hall–Kier alpha value is -1.97. The number of quaternary nitrogens is 1. The van der Waals surface area contributed by atoms with Crippen LogP contribution in [0, 0.1) is 11.2 Å². The monoisotopic (exact) mass is 440 g/mol. The zero-order valence-electron chi connectivity index (χ0n) is 16.9. The summed E-state index contributed by atoms with van der Waals surface area (Å²) in [4.78, 5) is 14.7. The summed E-state index contributed by atoms with van der Waals surface area (Å²) >= 11 is 1.09. The number of ether oxygens (including phenoxy) is 1. The lowest BCUT2D eigenvalue weighted by atomic mass is 9.94. The normalized spacial score (nSPS) is 16.9. The standard InChI is InChI=1S/C20H24FN2O4S2/c1-20(2,3)12-23-10-9-15-16(11-23)28-19(17(15)18(24)27-4)29(25,26)22-14-7-5-13(21)6-8-14/h5-8H,9-12H2,1-4H3/q-1/p+1. The molecule has 1 aliphatic heterocycles. The lowest BCUT2D eigenvalue weighted by molar-refractivity contribution is -0.921. The van der Waals surface area contributed by atoms with Gasteiger partial charge in [-0.15, -0.1) is 17.0 Å². The van der Waals surface area contributed by atoms with Gasteiger partial charge in [-0.3, -0.25) is 0 Å². The van der Waals surface area contributed by atoms with Crippen molar-refractivity contribution in [3.8, 4) is 0 Å². The van der Waals surface area contributed by atoms with E-state index in [1.165, 1.54) is 24.1 Å². The third-order valence-corrected chi connectivity index (χ3v) is 7.69. The van der Waals surface area contributed by atoms with Gasteiger partial charge in [0, 0.05) is 11.8 Å². The lowest BCUT2D eigenvalue weighted by Gasteiger charge is -2.29. The molecule has 0 saturated carbocycles. The van der Waals surface area contributed by atoms with E-state index in [9.17, 15) is 17.6 Å². The Morgan fingerprint density at radius 3 is 2.52 bits per heavy atom. The second-order valence-electron chi connectivity index (χ2n) is 8.36. The number of halogens is 1. The first-order chi connectivity index (χ1) is 13.5.